The van der Waals surface area contributed by atoms with Crippen molar-refractivity contribution in [2.75, 3.05) is 0 Å². The zero-order valence-electron chi connectivity index (χ0n) is 10.1. The van der Waals surface area contributed by atoms with Crippen LogP contribution in [0.15, 0.2) is 47.0 Å². The number of benzene rings is 1. The van der Waals surface area contributed by atoms with E-state index in [1.807, 2.05) is 24.3 Å². The Morgan fingerprint density at radius 1 is 1.16 bits per heavy atom. The molecule has 2 aliphatic rings. The van der Waals surface area contributed by atoms with Crippen molar-refractivity contribution >= 4 is 17.2 Å². The summed E-state index contributed by atoms with van der Waals surface area (Å²) in [4.78, 5) is 4.49. The minimum absolute atomic E-state index is 0.448. The summed E-state index contributed by atoms with van der Waals surface area (Å²) in [7, 11) is 0. The van der Waals surface area contributed by atoms with Gasteiger partial charge in [-0.2, -0.15) is 4.98 Å². The fraction of sp³-hybridized carbons (Fsp3) is 0.200. The van der Waals surface area contributed by atoms with Gasteiger partial charge in [0.2, 0.25) is 5.82 Å². The molecule has 2 aromatic rings. The molecule has 1 aromatic carbocycles. The van der Waals surface area contributed by atoms with Gasteiger partial charge in [0.05, 0.1) is 0 Å². The summed E-state index contributed by atoms with van der Waals surface area (Å²) in [6.45, 7) is 0. The lowest BCUT2D eigenvalue weighted by Gasteiger charge is -2.03. The van der Waals surface area contributed by atoms with Crippen LogP contribution in [0.5, 0.6) is 0 Å². The molecule has 2 unspecified atom stereocenters. The van der Waals surface area contributed by atoms with Crippen LogP contribution in [-0.2, 0) is 0 Å². The molecule has 0 aliphatic heterocycles. The number of hydrogen-bond acceptors (Lipinski definition) is 3. The van der Waals surface area contributed by atoms with E-state index in [1.54, 1.807) is 0 Å². The predicted molar refractivity (Wildman–Crippen MR) is 73.5 cm³/mol. The number of rotatable bonds is 2. The smallest absolute Gasteiger partial charge is 0.254 e. The highest BCUT2D eigenvalue weighted by atomic mass is 35.5. The van der Waals surface area contributed by atoms with Gasteiger partial charge in [0, 0.05) is 22.1 Å². The van der Waals surface area contributed by atoms with Crippen molar-refractivity contribution in [2.45, 2.75) is 6.42 Å². The first-order chi connectivity index (χ1) is 9.29. The van der Waals surface area contributed by atoms with Gasteiger partial charge < -0.3 is 4.52 Å². The highest BCUT2D eigenvalue weighted by molar-refractivity contribution is 6.30. The van der Waals surface area contributed by atoms with Gasteiger partial charge in [-0.3, -0.25) is 0 Å². The molecule has 0 spiro atoms. The first kappa shape index (κ1) is 11.0. The van der Waals surface area contributed by atoms with Gasteiger partial charge in [-0.25, -0.2) is 0 Å². The van der Waals surface area contributed by atoms with Crippen LogP contribution in [0.1, 0.15) is 12.3 Å². The average molecular weight is 271 g/mol. The number of fused-ring (bicyclic) bond motifs is 2. The predicted octanol–water partition coefficient (Wildman–Crippen LogP) is 3.98. The molecule has 2 atom stereocenters. The van der Waals surface area contributed by atoms with Gasteiger partial charge in [0.1, 0.15) is 0 Å². The molecule has 4 rings (SSSR count). The Labute approximate surface area is 115 Å². The Bertz CT molecular complexity index is 684. The fourth-order valence-electron chi connectivity index (χ4n) is 2.72. The lowest BCUT2D eigenvalue weighted by Crippen LogP contribution is -1.93. The maximum atomic E-state index is 5.87. The summed E-state index contributed by atoms with van der Waals surface area (Å²) in [5.74, 6) is 2.25. The molecule has 1 aromatic heterocycles. The second kappa shape index (κ2) is 4.07. The molecule has 94 valence electrons. The normalized spacial score (nSPS) is 23.9. The molecule has 3 nitrogen and oxygen atoms in total. The van der Waals surface area contributed by atoms with E-state index in [1.165, 1.54) is 5.57 Å². The molecule has 0 N–H and O–H groups in total. The highest BCUT2D eigenvalue weighted by Gasteiger charge is 2.31. The Morgan fingerprint density at radius 3 is 2.68 bits per heavy atom. The summed E-state index contributed by atoms with van der Waals surface area (Å²) >= 11 is 5.87. The first-order valence-corrected chi connectivity index (χ1v) is 6.67. The van der Waals surface area contributed by atoms with Gasteiger partial charge >= 0.3 is 0 Å². The second-order valence-corrected chi connectivity index (χ2v) is 5.38. The number of halogens is 1. The Morgan fingerprint density at radius 2 is 2.00 bits per heavy atom. The maximum Gasteiger partial charge on any atom is 0.254 e. The average Bonchev–Trinajstić information content (AvgIpc) is 3.15. The van der Waals surface area contributed by atoms with Gasteiger partial charge in [-0.15, -0.1) is 0 Å². The van der Waals surface area contributed by atoms with E-state index in [4.69, 9.17) is 16.1 Å². The lowest BCUT2D eigenvalue weighted by molar-refractivity contribution is 0.405. The first-order valence-electron chi connectivity index (χ1n) is 6.30. The van der Waals surface area contributed by atoms with Crippen molar-refractivity contribution < 1.29 is 4.52 Å². The van der Waals surface area contributed by atoms with Crippen LogP contribution in [0.4, 0.5) is 0 Å². The third kappa shape index (κ3) is 1.81. The molecule has 0 fully saturated rings. The van der Waals surface area contributed by atoms with Crippen LogP contribution < -0.4 is 0 Å². The summed E-state index contributed by atoms with van der Waals surface area (Å²) < 4.78 is 5.39. The van der Waals surface area contributed by atoms with Crippen LogP contribution in [0.3, 0.4) is 0 Å². The van der Waals surface area contributed by atoms with E-state index in [0.717, 1.165) is 12.0 Å². The third-order valence-corrected chi connectivity index (χ3v) is 3.94. The summed E-state index contributed by atoms with van der Waals surface area (Å²) in [6, 6.07) is 7.44. The maximum absolute atomic E-state index is 5.87. The van der Waals surface area contributed by atoms with Gasteiger partial charge in [0.15, 0.2) is 0 Å². The third-order valence-electron chi connectivity index (χ3n) is 3.69. The molecular weight excluding hydrogens is 260 g/mol. The Hall–Kier alpha value is -1.87. The zero-order valence-corrected chi connectivity index (χ0v) is 10.8. The number of aromatic nitrogens is 2. The van der Waals surface area contributed by atoms with Gasteiger partial charge in [0.25, 0.3) is 5.89 Å². The lowest BCUT2D eigenvalue weighted by atomic mass is 10.0. The fourth-order valence-corrected chi connectivity index (χ4v) is 2.85. The van der Waals surface area contributed by atoms with Crippen molar-refractivity contribution in [3.63, 3.8) is 0 Å². The molecule has 4 heteroatoms. The largest absolute Gasteiger partial charge is 0.334 e. The standard InChI is InChI=1S/C15H11ClN2O/c16-12-5-3-10(4-6-12)14-17-15(19-18-14)13-8-9-1-2-11(13)7-9/h1-6,8-9,11H,7H2. The zero-order chi connectivity index (χ0) is 12.8. The molecule has 19 heavy (non-hydrogen) atoms. The summed E-state index contributed by atoms with van der Waals surface area (Å²) in [5.41, 5.74) is 2.08. The molecule has 0 amide bonds. The molecule has 2 aliphatic carbocycles. The van der Waals surface area contributed by atoms with E-state index in [2.05, 4.69) is 28.4 Å². The topological polar surface area (TPSA) is 38.9 Å². The Kier molecular flexibility index (Phi) is 2.35. The monoisotopic (exact) mass is 270 g/mol. The quantitative estimate of drug-likeness (QED) is 0.775. The van der Waals surface area contributed by atoms with Crippen molar-refractivity contribution in [1.82, 2.24) is 10.1 Å². The number of allylic oxidation sites excluding steroid dienone is 4. The number of nitrogens with zero attached hydrogens (tertiary/aromatic N) is 2. The van der Waals surface area contributed by atoms with Crippen molar-refractivity contribution in [3.05, 3.63) is 53.4 Å². The van der Waals surface area contributed by atoms with E-state index in [0.29, 0.717) is 28.6 Å². The van der Waals surface area contributed by atoms with Crippen LogP contribution in [0.2, 0.25) is 5.02 Å². The molecule has 1 heterocycles. The van der Waals surface area contributed by atoms with Crippen LogP contribution in [0.25, 0.3) is 17.0 Å². The SMILES string of the molecule is Clc1ccc(-c2noc(C3=CC4C=CC3C4)n2)cc1. The van der Waals surface area contributed by atoms with Gasteiger partial charge in [-0.05, 0) is 36.6 Å². The minimum atomic E-state index is 0.448. The summed E-state index contributed by atoms with van der Waals surface area (Å²) in [6.07, 6.45) is 7.84. The summed E-state index contributed by atoms with van der Waals surface area (Å²) in [5, 5.41) is 4.75. The Balaban J connectivity index is 1.67. The molecule has 0 saturated carbocycles. The van der Waals surface area contributed by atoms with Crippen LogP contribution in [0, 0.1) is 11.8 Å². The minimum Gasteiger partial charge on any atom is -0.334 e. The van der Waals surface area contributed by atoms with Gasteiger partial charge in [-0.1, -0.05) is 35.0 Å². The molecule has 0 radical (unpaired) electrons. The van der Waals surface area contributed by atoms with Crippen molar-refractivity contribution in [3.8, 4) is 11.4 Å². The van der Waals surface area contributed by atoms with Crippen LogP contribution >= 0.6 is 11.6 Å². The van der Waals surface area contributed by atoms with E-state index in [-0.39, 0.29) is 0 Å². The van der Waals surface area contributed by atoms with Crippen molar-refractivity contribution in [1.29, 1.82) is 0 Å². The second-order valence-electron chi connectivity index (χ2n) is 4.94. The molecular formula is C15H11ClN2O. The molecule has 2 bridgehead atoms. The van der Waals surface area contributed by atoms with Crippen LogP contribution in [-0.4, -0.2) is 10.1 Å². The van der Waals surface area contributed by atoms with E-state index in [9.17, 15) is 0 Å². The van der Waals surface area contributed by atoms with Crippen molar-refractivity contribution in [2.24, 2.45) is 11.8 Å². The highest BCUT2D eigenvalue weighted by Crippen LogP contribution is 2.42. The van der Waals surface area contributed by atoms with E-state index >= 15 is 0 Å². The van der Waals surface area contributed by atoms with E-state index < -0.39 is 0 Å². The molecule has 0 saturated heterocycles. The number of hydrogen-bond donors (Lipinski definition) is 0.